The first-order chi connectivity index (χ1) is 6.75. The zero-order valence-corrected chi connectivity index (χ0v) is 10.7. The van der Waals surface area contributed by atoms with Crippen LogP contribution in [0.25, 0.3) is 0 Å². The van der Waals surface area contributed by atoms with Crippen molar-refractivity contribution in [3.63, 3.8) is 0 Å². The minimum Gasteiger partial charge on any atom is -0.306 e. The van der Waals surface area contributed by atoms with Crippen molar-refractivity contribution in [2.45, 2.75) is 40.5 Å². The molecule has 0 aromatic rings. The summed E-state index contributed by atoms with van der Waals surface area (Å²) in [5, 5.41) is 0. The molecule has 1 saturated carbocycles. The maximum atomic E-state index is 12.0. The van der Waals surface area contributed by atoms with Gasteiger partial charge in [-0.25, -0.2) is 4.21 Å². The molecule has 0 aromatic carbocycles. The monoisotopic (exact) mass is 232 g/mol. The zero-order chi connectivity index (χ0) is 11.9. The van der Waals surface area contributed by atoms with Gasteiger partial charge in [-0.3, -0.25) is 4.79 Å². The Bertz CT molecular complexity index is 298. The number of rotatable bonds is 3. The molecule has 3 atom stereocenters. The van der Waals surface area contributed by atoms with Crippen molar-refractivity contribution < 1.29 is 13.6 Å². The highest BCUT2D eigenvalue weighted by Crippen LogP contribution is 2.54. The Morgan fingerprint density at radius 3 is 2.33 bits per heavy atom. The minimum absolute atomic E-state index is 0.0648. The molecule has 1 fully saturated rings. The standard InChI is InChI=1S/C11H20O3S/c1-5-8-6-9(12)11(4,7-15(13)14)10(8,2)3/h8H,5-7H2,1-4H3,(H,13,14). The Hall–Kier alpha value is -0.220. The van der Waals surface area contributed by atoms with Gasteiger partial charge in [0.2, 0.25) is 0 Å². The fourth-order valence-corrected chi connectivity index (χ4v) is 3.71. The average Bonchev–Trinajstić information content (AvgIpc) is 2.25. The van der Waals surface area contributed by atoms with Crippen LogP contribution in [0.1, 0.15) is 40.5 Å². The van der Waals surface area contributed by atoms with Gasteiger partial charge in [0.05, 0.1) is 5.75 Å². The number of carbonyl (C=O) groups is 1. The predicted molar refractivity (Wildman–Crippen MR) is 60.9 cm³/mol. The molecular formula is C11H20O3S. The second kappa shape index (κ2) is 3.98. The molecule has 1 N–H and O–H groups in total. The van der Waals surface area contributed by atoms with Gasteiger partial charge in [-0.1, -0.05) is 34.1 Å². The summed E-state index contributed by atoms with van der Waals surface area (Å²) in [6, 6.07) is 0. The number of carbonyl (C=O) groups excluding carboxylic acids is 1. The van der Waals surface area contributed by atoms with Crippen molar-refractivity contribution in [2.75, 3.05) is 5.75 Å². The van der Waals surface area contributed by atoms with Gasteiger partial charge in [-0.2, -0.15) is 0 Å². The van der Waals surface area contributed by atoms with Crippen LogP contribution in [0, 0.1) is 16.7 Å². The van der Waals surface area contributed by atoms with Crippen LogP contribution >= 0.6 is 0 Å². The van der Waals surface area contributed by atoms with E-state index in [1.807, 2.05) is 20.8 Å². The topological polar surface area (TPSA) is 54.4 Å². The highest BCUT2D eigenvalue weighted by atomic mass is 32.2. The van der Waals surface area contributed by atoms with Crippen molar-refractivity contribution in [2.24, 2.45) is 16.7 Å². The summed E-state index contributed by atoms with van der Waals surface area (Å²) in [5.74, 6) is 0.537. The Morgan fingerprint density at radius 1 is 1.47 bits per heavy atom. The number of hydrogen-bond donors (Lipinski definition) is 1. The molecule has 0 bridgehead atoms. The molecule has 3 nitrogen and oxygen atoms in total. The molecule has 15 heavy (non-hydrogen) atoms. The zero-order valence-electron chi connectivity index (χ0n) is 9.87. The van der Waals surface area contributed by atoms with Gasteiger partial charge in [0.1, 0.15) is 5.78 Å². The van der Waals surface area contributed by atoms with E-state index in [1.54, 1.807) is 0 Å². The molecule has 0 heterocycles. The van der Waals surface area contributed by atoms with Crippen LogP contribution in [0.2, 0.25) is 0 Å². The first-order valence-electron chi connectivity index (χ1n) is 5.36. The van der Waals surface area contributed by atoms with Crippen molar-refractivity contribution in [3.05, 3.63) is 0 Å². The number of Topliss-reactive ketones (excluding diaryl/α,β-unsaturated/α-hetero) is 1. The van der Waals surface area contributed by atoms with Crippen LogP contribution < -0.4 is 0 Å². The van der Waals surface area contributed by atoms with Gasteiger partial charge in [0.15, 0.2) is 11.1 Å². The van der Waals surface area contributed by atoms with Gasteiger partial charge < -0.3 is 4.55 Å². The van der Waals surface area contributed by atoms with E-state index in [9.17, 15) is 9.00 Å². The molecule has 0 aromatic heterocycles. The lowest BCUT2D eigenvalue weighted by molar-refractivity contribution is -0.126. The molecule has 0 radical (unpaired) electrons. The SMILES string of the molecule is CCC1CC(=O)C(C)(CS(=O)O)C1(C)C. The van der Waals surface area contributed by atoms with Crippen molar-refractivity contribution >= 4 is 16.9 Å². The number of hydrogen-bond acceptors (Lipinski definition) is 2. The fraction of sp³-hybridized carbons (Fsp3) is 0.909. The third-order valence-corrected chi connectivity index (χ3v) is 5.22. The summed E-state index contributed by atoms with van der Waals surface area (Å²) in [5.41, 5.74) is -0.829. The first-order valence-corrected chi connectivity index (χ1v) is 6.64. The van der Waals surface area contributed by atoms with E-state index >= 15 is 0 Å². The van der Waals surface area contributed by atoms with E-state index in [-0.39, 0.29) is 17.0 Å². The van der Waals surface area contributed by atoms with Crippen molar-refractivity contribution in [3.8, 4) is 0 Å². The molecular weight excluding hydrogens is 212 g/mol. The molecule has 4 heteroatoms. The lowest BCUT2D eigenvalue weighted by atomic mass is 9.66. The first kappa shape index (κ1) is 12.8. The van der Waals surface area contributed by atoms with Crippen molar-refractivity contribution in [1.29, 1.82) is 0 Å². The summed E-state index contributed by atoms with van der Waals surface area (Å²) >= 11 is -1.90. The molecule has 3 unspecified atom stereocenters. The minimum atomic E-state index is -1.90. The molecule has 1 aliphatic carbocycles. The average molecular weight is 232 g/mol. The molecule has 88 valence electrons. The molecule has 0 spiro atoms. The van der Waals surface area contributed by atoms with Gasteiger partial charge in [-0.05, 0) is 11.3 Å². The highest BCUT2D eigenvalue weighted by Gasteiger charge is 2.56. The van der Waals surface area contributed by atoms with Crippen molar-refractivity contribution in [1.82, 2.24) is 0 Å². The van der Waals surface area contributed by atoms with Gasteiger partial charge in [0, 0.05) is 11.8 Å². The largest absolute Gasteiger partial charge is 0.306 e. The van der Waals surface area contributed by atoms with E-state index in [0.717, 1.165) is 6.42 Å². The lowest BCUT2D eigenvalue weighted by Crippen LogP contribution is -2.42. The van der Waals surface area contributed by atoms with Crippen LogP contribution in [-0.4, -0.2) is 20.3 Å². The Kier molecular flexibility index (Phi) is 3.41. The van der Waals surface area contributed by atoms with Crippen LogP contribution in [0.15, 0.2) is 0 Å². The van der Waals surface area contributed by atoms with Gasteiger partial charge >= 0.3 is 0 Å². The molecule has 1 rings (SSSR count). The second-order valence-corrected chi connectivity index (χ2v) is 6.18. The Morgan fingerprint density at radius 2 is 2.00 bits per heavy atom. The van der Waals surface area contributed by atoms with E-state index in [0.29, 0.717) is 12.3 Å². The van der Waals surface area contributed by atoms with E-state index in [4.69, 9.17) is 4.55 Å². The Balaban J connectivity index is 3.06. The molecule has 0 amide bonds. The van der Waals surface area contributed by atoms with Crippen LogP contribution in [0.5, 0.6) is 0 Å². The smallest absolute Gasteiger partial charge is 0.153 e. The van der Waals surface area contributed by atoms with Crippen LogP contribution in [0.3, 0.4) is 0 Å². The summed E-state index contributed by atoms with van der Waals surface area (Å²) in [6.07, 6.45) is 1.50. The maximum Gasteiger partial charge on any atom is 0.153 e. The number of ketones is 1. The molecule has 1 aliphatic rings. The lowest BCUT2D eigenvalue weighted by Gasteiger charge is -2.39. The van der Waals surface area contributed by atoms with Gasteiger partial charge in [0.25, 0.3) is 0 Å². The third kappa shape index (κ3) is 1.89. The van der Waals surface area contributed by atoms with Crippen LogP contribution in [-0.2, 0) is 15.9 Å². The normalized spacial score (nSPS) is 36.9. The van der Waals surface area contributed by atoms with E-state index < -0.39 is 16.5 Å². The van der Waals surface area contributed by atoms with E-state index in [1.165, 1.54) is 0 Å². The second-order valence-electron chi connectivity index (χ2n) is 5.25. The maximum absolute atomic E-state index is 12.0. The quantitative estimate of drug-likeness (QED) is 0.759. The predicted octanol–water partition coefficient (Wildman–Crippen LogP) is 2.24. The van der Waals surface area contributed by atoms with Gasteiger partial charge in [-0.15, -0.1) is 0 Å². The summed E-state index contributed by atoms with van der Waals surface area (Å²) < 4.78 is 20.0. The highest BCUT2D eigenvalue weighted by molar-refractivity contribution is 7.79. The molecule has 0 aliphatic heterocycles. The van der Waals surface area contributed by atoms with Crippen LogP contribution in [0.4, 0.5) is 0 Å². The summed E-state index contributed by atoms with van der Waals surface area (Å²) in [6.45, 7) is 7.98. The molecule has 0 saturated heterocycles. The summed E-state index contributed by atoms with van der Waals surface area (Å²) in [7, 11) is 0. The summed E-state index contributed by atoms with van der Waals surface area (Å²) in [4.78, 5) is 12.0. The fourth-order valence-electron chi connectivity index (χ4n) is 2.68. The van der Waals surface area contributed by atoms with E-state index in [2.05, 4.69) is 6.92 Å². The third-order valence-electron chi connectivity index (χ3n) is 4.39. The Labute approximate surface area is 93.9 Å².